The van der Waals surface area contributed by atoms with Crippen LogP contribution in [0.25, 0.3) is 22.2 Å². The molecular formula is C22H19IrN3O. The SMILES string of the molecule is NC(=O)Cc1cccc2ncccc12.[Ir].c1ccc(-c2ccccn2)cc1. The van der Waals surface area contributed by atoms with Crippen LogP contribution in [0.2, 0.25) is 0 Å². The summed E-state index contributed by atoms with van der Waals surface area (Å²) in [5, 5.41) is 0.994. The molecule has 4 rings (SSSR count). The van der Waals surface area contributed by atoms with E-state index in [1.807, 2.05) is 72.9 Å². The molecule has 0 aliphatic heterocycles. The molecule has 4 aromatic rings. The number of carbonyl (C=O) groups is 1. The Hall–Kier alpha value is -2.88. The van der Waals surface area contributed by atoms with Crippen LogP contribution in [0.1, 0.15) is 5.56 Å². The molecule has 2 heterocycles. The molecule has 0 fully saturated rings. The number of primary amides is 1. The van der Waals surface area contributed by atoms with Crippen LogP contribution in [0, 0.1) is 0 Å². The van der Waals surface area contributed by atoms with Crippen molar-refractivity contribution in [1.29, 1.82) is 0 Å². The summed E-state index contributed by atoms with van der Waals surface area (Å²) in [4.78, 5) is 19.3. The number of rotatable bonds is 3. The Kier molecular flexibility index (Phi) is 7.80. The van der Waals surface area contributed by atoms with Gasteiger partial charge in [0.25, 0.3) is 0 Å². The maximum Gasteiger partial charge on any atom is 0.221 e. The van der Waals surface area contributed by atoms with E-state index in [-0.39, 0.29) is 32.4 Å². The number of pyridine rings is 2. The van der Waals surface area contributed by atoms with E-state index in [0.717, 1.165) is 27.7 Å². The van der Waals surface area contributed by atoms with Gasteiger partial charge >= 0.3 is 0 Å². The van der Waals surface area contributed by atoms with Crippen LogP contribution in [0.4, 0.5) is 0 Å². The molecule has 0 unspecified atom stereocenters. The Morgan fingerprint density at radius 2 is 1.52 bits per heavy atom. The second-order valence-electron chi connectivity index (χ2n) is 5.71. The maximum absolute atomic E-state index is 10.8. The van der Waals surface area contributed by atoms with E-state index in [1.54, 1.807) is 6.20 Å². The van der Waals surface area contributed by atoms with E-state index in [9.17, 15) is 4.79 Å². The third-order valence-electron chi connectivity index (χ3n) is 3.84. The van der Waals surface area contributed by atoms with Crippen molar-refractivity contribution in [2.75, 3.05) is 0 Å². The molecule has 137 valence electrons. The Labute approximate surface area is 171 Å². The minimum Gasteiger partial charge on any atom is -0.369 e. The van der Waals surface area contributed by atoms with Crippen LogP contribution in [0.5, 0.6) is 0 Å². The molecule has 0 spiro atoms. The van der Waals surface area contributed by atoms with Crippen molar-refractivity contribution in [2.24, 2.45) is 5.73 Å². The van der Waals surface area contributed by atoms with Crippen LogP contribution in [0.15, 0.2) is 91.3 Å². The van der Waals surface area contributed by atoms with Gasteiger partial charge in [-0.1, -0.05) is 54.6 Å². The number of hydrogen-bond acceptors (Lipinski definition) is 3. The van der Waals surface area contributed by atoms with Gasteiger partial charge in [-0.3, -0.25) is 14.8 Å². The number of benzene rings is 2. The topological polar surface area (TPSA) is 68.9 Å². The minimum atomic E-state index is -0.318. The third-order valence-corrected chi connectivity index (χ3v) is 3.84. The zero-order valence-electron chi connectivity index (χ0n) is 14.6. The van der Waals surface area contributed by atoms with E-state index in [0.29, 0.717) is 0 Å². The largest absolute Gasteiger partial charge is 0.369 e. The fourth-order valence-corrected chi connectivity index (χ4v) is 2.65. The predicted molar refractivity (Wildman–Crippen MR) is 104 cm³/mol. The summed E-state index contributed by atoms with van der Waals surface area (Å²) in [6, 6.07) is 25.6. The van der Waals surface area contributed by atoms with E-state index in [1.165, 1.54) is 0 Å². The molecule has 1 amide bonds. The summed E-state index contributed by atoms with van der Waals surface area (Å²) in [6.07, 6.45) is 3.81. The van der Waals surface area contributed by atoms with Gasteiger partial charge in [0, 0.05) is 43.4 Å². The Morgan fingerprint density at radius 1 is 0.778 bits per heavy atom. The summed E-state index contributed by atoms with van der Waals surface area (Å²) in [5.41, 5.74) is 9.18. The Balaban J connectivity index is 0.000000189. The summed E-state index contributed by atoms with van der Waals surface area (Å²) in [7, 11) is 0. The van der Waals surface area contributed by atoms with Gasteiger partial charge in [-0.15, -0.1) is 0 Å². The number of nitrogens with zero attached hydrogens (tertiary/aromatic N) is 2. The van der Waals surface area contributed by atoms with E-state index in [2.05, 4.69) is 22.1 Å². The Morgan fingerprint density at radius 3 is 2.22 bits per heavy atom. The van der Waals surface area contributed by atoms with E-state index >= 15 is 0 Å². The van der Waals surface area contributed by atoms with Crippen LogP contribution in [-0.4, -0.2) is 15.9 Å². The van der Waals surface area contributed by atoms with Gasteiger partial charge in [0.05, 0.1) is 17.6 Å². The van der Waals surface area contributed by atoms with Gasteiger partial charge in [0.1, 0.15) is 0 Å². The molecule has 2 aromatic carbocycles. The third kappa shape index (κ3) is 5.81. The molecule has 0 atom stereocenters. The van der Waals surface area contributed by atoms with Crippen molar-refractivity contribution >= 4 is 16.8 Å². The molecular weight excluding hydrogens is 514 g/mol. The predicted octanol–water partition coefficient (Wildman–Crippen LogP) is 4.01. The molecule has 0 bridgehead atoms. The number of carbonyl (C=O) groups excluding carboxylic acids is 1. The number of amides is 1. The maximum atomic E-state index is 10.8. The zero-order chi connectivity index (χ0) is 18.2. The molecule has 5 heteroatoms. The minimum absolute atomic E-state index is 0. The van der Waals surface area contributed by atoms with Crippen LogP contribution in [0.3, 0.4) is 0 Å². The standard InChI is InChI=1S/C11H10N2O.C11H9N.Ir/c12-11(14)7-8-3-1-5-10-9(8)4-2-6-13-10;1-2-6-10(7-3-1)11-8-4-5-9-12-11;/h1-6H,7H2,(H2,12,14);1-9H;. The molecule has 0 saturated carbocycles. The van der Waals surface area contributed by atoms with Gasteiger partial charge < -0.3 is 5.73 Å². The van der Waals surface area contributed by atoms with Gasteiger partial charge in [-0.2, -0.15) is 0 Å². The molecule has 0 saturated heterocycles. The average Bonchev–Trinajstić information content (AvgIpc) is 2.70. The fraction of sp³-hybridized carbons (Fsp3) is 0.0455. The van der Waals surface area contributed by atoms with Crippen molar-refractivity contribution in [2.45, 2.75) is 6.42 Å². The second-order valence-corrected chi connectivity index (χ2v) is 5.71. The van der Waals surface area contributed by atoms with Gasteiger partial charge in [0.2, 0.25) is 5.91 Å². The van der Waals surface area contributed by atoms with Crippen molar-refractivity contribution < 1.29 is 24.9 Å². The smallest absolute Gasteiger partial charge is 0.221 e. The molecule has 2 aromatic heterocycles. The first kappa shape index (κ1) is 20.4. The average molecular weight is 534 g/mol. The molecule has 27 heavy (non-hydrogen) atoms. The van der Waals surface area contributed by atoms with Gasteiger partial charge in [-0.05, 0) is 29.8 Å². The molecule has 0 aliphatic rings. The summed E-state index contributed by atoms with van der Waals surface area (Å²) < 4.78 is 0. The van der Waals surface area contributed by atoms with Crippen molar-refractivity contribution in [3.8, 4) is 11.3 Å². The summed E-state index contributed by atoms with van der Waals surface area (Å²) in [5.74, 6) is -0.318. The number of hydrogen-bond donors (Lipinski definition) is 1. The monoisotopic (exact) mass is 534 g/mol. The van der Waals surface area contributed by atoms with E-state index in [4.69, 9.17) is 5.73 Å². The molecule has 2 N–H and O–H groups in total. The molecule has 1 radical (unpaired) electrons. The normalized spacial score (nSPS) is 9.63. The number of fused-ring (bicyclic) bond motifs is 1. The van der Waals surface area contributed by atoms with Crippen molar-refractivity contribution in [1.82, 2.24) is 9.97 Å². The molecule has 0 aliphatic carbocycles. The van der Waals surface area contributed by atoms with Crippen LogP contribution < -0.4 is 5.73 Å². The van der Waals surface area contributed by atoms with Crippen LogP contribution >= 0.6 is 0 Å². The summed E-state index contributed by atoms with van der Waals surface area (Å²) >= 11 is 0. The summed E-state index contributed by atoms with van der Waals surface area (Å²) in [6.45, 7) is 0. The first-order valence-electron chi connectivity index (χ1n) is 8.31. The molecule has 4 nitrogen and oxygen atoms in total. The van der Waals surface area contributed by atoms with Gasteiger partial charge in [0.15, 0.2) is 0 Å². The van der Waals surface area contributed by atoms with Gasteiger partial charge in [-0.25, -0.2) is 0 Å². The number of aromatic nitrogens is 2. The second kappa shape index (κ2) is 10.3. The quantitative estimate of drug-likeness (QED) is 0.433. The first-order valence-corrected chi connectivity index (χ1v) is 8.31. The zero-order valence-corrected chi connectivity index (χ0v) is 17.0. The van der Waals surface area contributed by atoms with Crippen LogP contribution in [-0.2, 0) is 31.3 Å². The van der Waals surface area contributed by atoms with Crippen molar-refractivity contribution in [3.63, 3.8) is 0 Å². The van der Waals surface area contributed by atoms with E-state index < -0.39 is 0 Å². The number of nitrogens with two attached hydrogens (primary N) is 1. The fourth-order valence-electron chi connectivity index (χ4n) is 2.65. The first-order chi connectivity index (χ1) is 12.7. The van der Waals surface area contributed by atoms with Crippen molar-refractivity contribution in [3.05, 3.63) is 96.8 Å². The Bertz CT molecular complexity index is 949.